The minimum absolute atomic E-state index is 0.0584. The van der Waals surface area contributed by atoms with Gasteiger partial charge in [-0.25, -0.2) is 8.42 Å². The average molecular weight is 357 g/mol. The van der Waals surface area contributed by atoms with Gasteiger partial charge in [-0.3, -0.25) is 9.52 Å². The highest BCUT2D eigenvalue weighted by Crippen LogP contribution is 2.26. The summed E-state index contributed by atoms with van der Waals surface area (Å²) in [6, 6.07) is 4.71. The number of carboxylic acid groups (broad SMARTS) is 1. The van der Waals surface area contributed by atoms with Gasteiger partial charge in [-0.1, -0.05) is 11.6 Å². The molecule has 5 nitrogen and oxygen atoms in total. The number of anilines is 1. The molecule has 0 aliphatic carbocycles. The molecule has 0 bridgehead atoms. The second-order valence-corrected chi connectivity index (χ2v) is 6.68. The molecule has 0 aliphatic rings. The number of hydrogen-bond acceptors (Lipinski definition) is 3. The Bertz CT molecular complexity index is 547. The molecule has 2 N–H and O–H groups in total. The number of hydrogen-bond donors (Lipinski definition) is 2. The van der Waals surface area contributed by atoms with Crippen LogP contribution in [0.5, 0.6) is 0 Å². The maximum atomic E-state index is 11.7. The zero-order chi connectivity index (χ0) is 13.8. The van der Waals surface area contributed by atoms with Crippen molar-refractivity contribution in [2.45, 2.75) is 12.8 Å². The van der Waals surface area contributed by atoms with Crippen molar-refractivity contribution in [1.82, 2.24) is 0 Å². The number of aliphatic carboxylic acids is 1. The molecule has 1 rings (SSSR count). The van der Waals surface area contributed by atoms with E-state index < -0.39 is 16.0 Å². The minimum atomic E-state index is -3.57. The lowest BCUT2D eigenvalue weighted by atomic mass is 10.3. The van der Waals surface area contributed by atoms with Gasteiger partial charge in [-0.2, -0.15) is 0 Å². The van der Waals surface area contributed by atoms with E-state index in [9.17, 15) is 13.2 Å². The molecular formula is C10H11BrClNO4S. The first-order valence-electron chi connectivity index (χ1n) is 4.97. The fraction of sp³-hybridized carbons (Fsp3) is 0.300. The molecule has 0 spiro atoms. The van der Waals surface area contributed by atoms with Crippen molar-refractivity contribution in [3.8, 4) is 0 Å². The van der Waals surface area contributed by atoms with Crippen LogP contribution >= 0.6 is 27.5 Å². The van der Waals surface area contributed by atoms with Crippen molar-refractivity contribution in [3.63, 3.8) is 0 Å². The van der Waals surface area contributed by atoms with Gasteiger partial charge >= 0.3 is 5.97 Å². The molecule has 100 valence electrons. The van der Waals surface area contributed by atoms with Gasteiger partial charge in [0.2, 0.25) is 10.0 Å². The van der Waals surface area contributed by atoms with Crippen LogP contribution in [0.3, 0.4) is 0 Å². The fourth-order valence-corrected chi connectivity index (χ4v) is 2.99. The highest BCUT2D eigenvalue weighted by Gasteiger charge is 2.13. The van der Waals surface area contributed by atoms with E-state index in [-0.39, 0.29) is 18.6 Å². The summed E-state index contributed by atoms with van der Waals surface area (Å²) in [5, 5.41) is 8.84. The van der Waals surface area contributed by atoms with Crippen molar-refractivity contribution in [3.05, 3.63) is 27.7 Å². The summed E-state index contributed by atoms with van der Waals surface area (Å²) < 4.78 is 26.3. The highest BCUT2D eigenvalue weighted by molar-refractivity contribution is 9.10. The van der Waals surface area contributed by atoms with Gasteiger partial charge in [-0.05, 0) is 40.5 Å². The largest absolute Gasteiger partial charge is 0.481 e. The second kappa shape index (κ2) is 6.40. The van der Waals surface area contributed by atoms with Crippen LogP contribution in [0.15, 0.2) is 22.7 Å². The molecule has 0 aromatic heterocycles. The zero-order valence-corrected chi connectivity index (χ0v) is 12.3. The Labute approximate surface area is 118 Å². The van der Waals surface area contributed by atoms with Crippen LogP contribution in [-0.2, 0) is 14.8 Å². The quantitative estimate of drug-likeness (QED) is 0.821. The first kappa shape index (κ1) is 15.3. The first-order chi connectivity index (χ1) is 8.30. The summed E-state index contributed by atoms with van der Waals surface area (Å²) >= 11 is 8.95. The van der Waals surface area contributed by atoms with E-state index in [0.29, 0.717) is 15.2 Å². The maximum absolute atomic E-state index is 11.7. The molecule has 0 amide bonds. The number of carboxylic acids is 1. The van der Waals surface area contributed by atoms with Crippen molar-refractivity contribution in [2.24, 2.45) is 0 Å². The van der Waals surface area contributed by atoms with Crippen LogP contribution in [0.4, 0.5) is 5.69 Å². The molecule has 0 aliphatic heterocycles. The summed E-state index contributed by atoms with van der Waals surface area (Å²) in [6.07, 6.45) is -0.125. The smallest absolute Gasteiger partial charge is 0.303 e. The van der Waals surface area contributed by atoms with Crippen molar-refractivity contribution in [1.29, 1.82) is 0 Å². The van der Waals surface area contributed by atoms with Gasteiger partial charge in [0.15, 0.2) is 0 Å². The van der Waals surface area contributed by atoms with E-state index in [1.807, 2.05) is 0 Å². The molecule has 0 unspecified atom stereocenters. The lowest BCUT2D eigenvalue weighted by Gasteiger charge is -2.09. The number of benzene rings is 1. The number of rotatable bonds is 6. The Hall–Kier alpha value is -0.790. The first-order valence-corrected chi connectivity index (χ1v) is 7.80. The summed E-state index contributed by atoms with van der Waals surface area (Å²) in [5.41, 5.74) is 0.331. The monoisotopic (exact) mass is 355 g/mol. The summed E-state index contributed by atoms with van der Waals surface area (Å²) in [6.45, 7) is 0. The van der Waals surface area contributed by atoms with E-state index in [1.54, 1.807) is 12.1 Å². The Morgan fingerprint density at radius 1 is 1.44 bits per heavy atom. The summed E-state index contributed by atoms with van der Waals surface area (Å²) in [4.78, 5) is 10.3. The van der Waals surface area contributed by atoms with E-state index in [2.05, 4.69) is 20.7 Å². The number of halogens is 2. The molecule has 0 atom stereocenters. The van der Waals surface area contributed by atoms with Crippen LogP contribution in [0.1, 0.15) is 12.8 Å². The lowest BCUT2D eigenvalue weighted by molar-refractivity contribution is -0.137. The third-order valence-electron chi connectivity index (χ3n) is 2.00. The molecule has 0 fully saturated rings. The standard InChI is InChI=1S/C10H11BrClNO4S/c11-8-4-3-7(12)6-9(8)13-18(16,17)5-1-2-10(14)15/h3-4,6,13H,1-2,5H2,(H,14,15). The van der Waals surface area contributed by atoms with Crippen LogP contribution in [-0.4, -0.2) is 25.2 Å². The Balaban J connectivity index is 2.70. The van der Waals surface area contributed by atoms with Crippen molar-refractivity contribution < 1.29 is 18.3 Å². The van der Waals surface area contributed by atoms with Gasteiger partial charge < -0.3 is 5.11 Å². The zero-order valence-electron chi connectivity index (χ0n) is 9.19. The maximum Gasteiger partial charge on any atom is 0.303 e. The molecule has 0 saturated carbocycles. The van der Waals surface area contributed by atoms with Gasteiger partial charge in [0, 0.05) is 15.9 Å². The Kier molecular flexibility index (Phi) is 5.43. The average Bonchev–Trinajstić information content (AvgIpc) is 2.22. The molecule has 8 heteroatoms. The fourth-order valence-electron chi connectivity index (χ4n) is 1.21. The molecule has 0 heterocycles. The third-order valence-corrected chi connectivity index (χ3v) is 4.28. The van der Waals surface area contributed by atoms with Crippen LogP contribution in [0.2, 0.25) is 5.02 Å². The Morgan fingerprint density at radius 2 is 2.11 bits per heavy atom. The van der Waals surface area contributed by atoms with Crippen LogP contribution < -0.4 is 4.72 Å². The van der Waals surface area contributed by atoms with E-state index in [0.717, 1.165) is 0 Å². The SMILES string of the molecule is O=C(O)CCCS(=O)(=O)Nc1cc(Cl)ccc1Br. The van der Waals surface area contributed by atoms with Crippen LogP contribution in [0, 0.1) is 0 Å². The predicted molar refractivity (Wildman–Crippen MR) is 73.4 cm³/mol. The van der Waals surface area contributed by atoms with Crippen molar-refractivity contribution in [2.75, 3.05) is 10.5 Å². The molecule has 1 aromatic rings. The van der Waals surface area contributed by atoms with E-state index >= 15 is 0 Å². The normalized spacial score (nSPS) is 11.2. The highest BCUT2D eigenvalue weighted by atomic mass is 79.9. The molecule has 1 aromatic carbocycles. The predicted octanol–water partition coefficient (Wildman–Crippen LogP) is 2.71. The van der Waals surface area contributed by atoms with Crippen LogP contribution in [0.25, 0.3) is 0 Å². The number of sulfonamides is 1. The Morgan fingerprint density at radius 3 is 2.72 bits per heavy atom. The van der Waals surface area contributed by atoms with Gasteiger partial charge in [0.25, 0.3) is 0 Å². The summed E-state index contributed by atoms with van der Waals surface area (Å²) in [5.74, 6) is -1.27. The van der Waals surface area contributed by atoms with Gasteiger partial charge in [-0.15, -0.1) is 0 Å². The topological polar surface area (TPSA) is 83.5 Å². The van der Waals surface area contributed by atoms with E-state index in [1.165, 1.54) is 6.07 Å². The minimum Gasteiger partial charge on any atom is -0.481 e. The lowest BCUT2D eigenvalue weighted by Crippen LogP contribution is -2.17. The molecule has 0 radical (unpaired) electrons. The summed E-state index contributed by atoms with van der Waals surface area (Å²) in [7, 11) is -3.57. The van der Waals surface area contributed by atoms with E-state index in [4.69, 9.17) is 16.7 Å². The number of carbonyl (C=O) groups is 1. The second-order valence-electron chi connectivity index (χ2n) is 3.54. The number of nitrogens with one attached hydrogen (secondary N) is 1. The third kappa shape index (κ3) is 5.24. The van der Waals surface area contributed by atoms with Gasteiger partial charge in [0.05, 0.1) is 11.4 Å². The van der Waals surface area contributed by atoms with Crippen molar-refractivity contribution >= 4 is 49.2 Å². The molecule has 18 heavy (non-hydrogen) atoms. The van der Waals surface area contributed by atoms with Gasteiger partial charge in [0.1, 0.15) is 0 Å². The molecular weight excluding hydrogens is 346 g/mol. The molecule has 0 saturated heterocycles.